The van der Waals surface area contributed by atoms with Crippen molar-refractivity contribution in [3.8, 4) is 17.0 Å². The molecule has 2 atom stereocenters. The summed E-state index contributed by atoms with van der Waals surface area (Å²) in [6.45, 7) is 15.4. The van der Waals surface area contributed by atoms with Crippen LogP contribution < -0.4 is 9.64 Å². The zero-order valence-corrected chi connectivity index (χ0v) is 25.5. The van der Waals surface area contributed by atoms with Crippen LogP contribution in [0.4, 0.5) is 10.5 Å². The lowest BCUT2D eigenvalue weighted by molar-refractivity contribution is 0.00565. The van der Waals surface area contributed by atoms with E-state index in [0.29, 0.717) is 24.5 Å². The molecule has 0 aliphatic carbocycles. The number of methoxy groups -OCH3 is 1. The van der Waals surface area contributed by atoms with Gasteiger partial charge in [0.2, 0.25) is 0 Å². The minimum atomic E-state index is -0.530. The Morgan fingerprint density at radius 1 is 1.10 bits per heavy atom. The van der Waals surface area contributed by atoms with Crippen LogP contribution in [0, 0.1) is 13.8 Å². The molecule has 1 aliphatic heterocycles. The monoisotopic (exact) mass is 560 g/mol. The lowest BCUT2D eigenvalue weighted by Crippen LogP contribution is -2.59. The number of hydrogen-bond donors (Lipinski definition) is 0. The third-order valence-electron chi connectivity index (χ3n) is 7.53. The van der Waals surface area contributed by atoms with Crippen molar-refractivity contribution < 1.29 is 19.0 Å². The minimum Gasteiger partial charge on any atom is -0.466 e. The van der Waals surface area contributed by atoms with Gasteiger partial charge < -0.3 is 19.1 Å². The van der Waals surface area contributed by atoms with E-state index in [1.165, 1.54) is 0 Å². The maximum atomic E-state index is 12.9. The Hall–Kier alpha value is -3.92. The normalized spacial score (nSPS) is 17.9. The zero-order chi connectivity index (χ0) is 29.6. The molecule has 0 radical (unpaired) electrons. The molecule has 1 aromatic carbocycles. The molecule has 4 heterocycles. The predicted molar refractivity (Wildman–Crippen MR) is 160 cm³/mol. The van der Waals surface area contributed by atoms with Gasteiger partial charge in [0.05, 0.1) is 35.2 Å². The summed E-state index contributed by atoms with van der Waals surface area (Å²) in [4.78, 5) is 26.8. The number of fused-ring (bicyclic) bond motifs is 2. The van der Waals surface area contributed by atoms with Gasteiger partial charge in [-0.15, -0.1) is 0 Å². The van der Waals surface area contributed by atoms with Gasteiger partial charge in [-0.1, -0.05) is 0 Å². The van der Waals surface area contributed by atoms with Crippen molar-refractivity contribution in [1.29, 1.82) is 0 Å². The zero-order valence-electron chi connectivity index (χ0n) is 25.5. The van der Waals surface area contributed by atoms with E-state index < -0.39 is 5.60 Å². The largest absolute Gasteiger partial charge is 0.466 e. The van der Waals surface area contributed by atoms with Crippen molar-refractivity contribution >= 4 is 33.7 Å². The van der Waals surface area contributed by atoms with Crippen molar-refractivity contribution in [2.75, 3.05) is 31.9 Å². The molecule has 4 aromatic rings. The second-order valence-corrected chi connectivity index (χ2v) is 12.0. The summed E-state index contributed by atoms with van der Waals surface area (Å²) in [6.07, 6.45) is 3.62. The lowest BCUT2D eigenvalue weighted by atomic mass is 10.0. The number of piperazine rings is 1. The average molecular weight is 561 g/mol. The molecule has 10 heteroatoms. The SMILES string of the molecule is COCOc1c(-c2ccc3c(C)c(N4C[C@H](C)N(C(=O)OC(C)(C)C)[C@@H](C)C4)cnc3n2)cc2cn(C)nc2c1C. The molecule has 5 rings (SSSR count). The van der Waals surface area contributed by atoms with E-state index in [1.54, 1.807) is 11.8 Å². The Labute approximate surface area is 241 Å². The summed E-state index contributed by atoms with van der Waals surface area (Å²) < 4.78 is 18.7. The summed E-state index contributed by atoms with van der Waals surface area (Å²) in [5, 5.41) is 6.60. The first-order valence-electron chi connectivity index (χ1n) is 14.0. The van der Waals surface area contributed by atoms with Crippen LogP contribution in [0.3, 0.4) is 0 Å². The molecule has 10 nitrogen and oxygen atoms in total. The van der Waals surface area contributed by atoms with Crippen molar-refractivity contribution in [3.63, 3.8) is 0 Å². The van der Waals surface area contributed by atoms with E-state index in [-0.39, 0.29) is 25.0 Å². The Bertz CT molecular complexity index is 1600. The van der Waals surface area contributed by atoms with Crippen LogP contribution in [0.25, 0.3) is 33.2 Å². The fourth-order valence-corrected chi connectivity index (χ4v) is 5.79. The predicted octanol–water partition coefficient (Wildman–Crippen LogP) is 5.62. The Balaban J connectivity index is 1.47. The van der Waals surface area contributed by atoms with Gasteiger partial charge >= 0.3 is 6.09 Å². The molecule has 41 heavy (non-hydrogen) atoms. The fraction of sp³-hybridized carbons (Fsp3) is 0.484. The first kappa shape index (κ1) is 28.6. The number of ether oxygens (including phenoxy) is 3. The summed E-state index contributed by atoms with van der Waals surface area (Å²) >= 11 is 0. The number of amides is 1. The topological polar surface area (TPSA) is 94.8 Å². The number of pyridine rings is 2. The third kappa shape index (κ3) is 5.53. The number of benzene rings is 1. The number of hydrogen-bond acceptors (Lipinski definition) is 8. The van der Waals surface area contributed by atoms with Crippen LogP contribution >= 0.6 is 0 Å². The standard InChI is InChI=1S/C31H40N6O4/c1-18-14-36(15-19(2)37(18)30(38)41-31(5,6)7)26-13-32-29-23(20(26)3)10-11-25(33-29)24-12-22-16-35(8)34-27(22)21(4)28(24)40-17-39-9/h10-13,16,18-19H,14-15,17H2,1-9H3/t18-,19-/m0/s1. The average Bonchev–Trinajstić information content (AvgIpc) is 3.27. The highest BCUT2D eigenvalue weighted by Gasteiger charge is 2.36. The van der Waals surface area contributed by atoms with Gasteiger partial charge in [-0.2, -0.15) is 5.10 Å². The number of anilines is 1. The first-order chi connectivity index (χ1) is 19.4. The van der Waals surface area contributed by atoms with E-state index in [2.05, 4.69) is 42.9 Å². The molecule has 0 N–H and O–H groups in total. The highest BCUT2D eigenvalue weighted by Crippen LogP contribution is 2.38. The van der Waals surface area contributed by atoms with Crippen molar-refractivity contribution in [1.82, 2.24) is 24.6 Å². The van der Waals surface area contributed by atoms with Crippen LogP contribution in [0.15, 0.2) is 30.6 Å². The molecular formula is C31H40N6O4. The number of rotatable bonds is 5. The number of aromatic nitrogens is 4. The molecule has 0 unspecified atom stereocenters. The molecule has 0 saturated carbocycles. The fourth-order valence-electron chi connectivity index (χ4n) is 5.79. The van der Waals surface area contributed by atoms with E-state index in [0.717, 1.165) is 44.4 Å². The Morgan fingerprint density at radius 2 is 1.80 bits per heavy atom. The van der Waals surface area contributed by atoms with Gasteiger partial charge in [0.15, 0.2) is 12.4 Å². The third-order valence-corrected chi connectivity index (χ3v) is 7.53. The van der Waals surface area contributed by atoms with Gasteiger partial charge in [-0.25, -0.2) is 14.8 Å². The minimum absolute atomic E-state index is 0.0136. The maximum absolute atomic E-state index is 12.9. The van der Waals surface area contributed by atoms with Gasteiger partial charge in [-0.05, 0) is 72.2 Å². The number of aryl methyl sites for hydroxylation is 3. The van der Waals surface area contributed by atoms with E-state index >= 15 is 0 Å². The second-order valence-electron chi connectivity index (χ2n) is 12.0. The van der Waals surface area contributed by atoms with E-state index in [9.17, 15) is 4.79 Å². The molecule has 1 fully saturated rings. The van der Waals surface area contributed by atoms with Gasteiger partial charge in [0.1, 0.15) is 11.4 Å². The molecule has 0 bridgehead atoms. The number of carbonyl (C=O) groups excluding carboxylic acids is 1. The van der Waals surface area contributed by atoms with Crippen LogP contribution in [-0.2, 0) is 16.5 Å². The highest BCUT2D eigenvalue weighted by molar-refractivity contribution is 5.92. The maximum Gasteiger partial charge on any atom is 0.410 e. The van der Waals surface area contributed by atoms with Crippen molar-refractivity contribution in [2.45, 2.75) is 66.2 Å². The van der Waals surface area contributed by atoms with Crippen LogP contribution in [0.1, 0.15) is 45.7 Å². The van der Waals surface area contributed by atoms with E-state index in [4.69, 9.17) is 24.2 Å². The Morgan fingerprint density at radius 3 is 2.46 bits per heavy atom. The van der Waals surface area contributed by atoms with Gasteiger partial charge in [0, 0.05) is 55.3 Å². The smallest absolute Gasteiger partial charge is 0.410 e. The summed E-state index contributed by atoms with van der Waals surface area (Å²) in [6, 6.07) is 6.13. The van der Waals surface area contributed by atoms with Crippen LogP contribution in [-0.4, -0.2) is 75.4 Å². The van der Waals surface area contributed by atoms with E-state index in [1.807, 2.05) is 58.1 Å². The molecule has 218 valence electrons. The summed E-state index contributed by atoms with van der Waals surface area (Å²) in [5.74, 6) is 0.698. The Kier molecular flexibility index (Phi) is 7.54. The van der Waals surface area contributed by atoms with Crippen molar-refractivity contribution in [2.24, 2.45) is 7.05 Å². The molecule has 1 amide bonds. The summed E-state index contributed by atoms with van der Waals surface area (Å²) in [5.41, 5.74) is 5.75. The van der Waals surface area contributed by atoms with Crippen LogP contribution in [0.2, 0.25) is 0 Å². The molecule has 0 spiro atoms. The molecule has 1 saturated heterocycles. The molecular weight excluding hydrogens is 520 g/mol. The van der Waals surface area contributed by atoms with Crippen LogP contribution in [0.5, 0.6) is 5.75 Å². The second kappa shape index (κ2) is 10.8. The molecule has 1 aliphatic rings. The summed E-state index contributed by atoms with van der Waals surface area (Å²) in [7, 11) is 3.51. The van der Waals surface area contributed by atoms with Gasteiger partial charge in [0.25, 0.3) is 0 Å². The van der Waals surface area contributed by atoms with Crippen molar-refractivity contribution in [3.05, 3.63) is 41.7 Å². The first-order valence-corrected chi connectivity index (χ1v) is 14.0. The molecule has 3 aromatic heterocycles. The highest BCUT2D eigenvalue weighted by atomic mass is 16.7. The lowest BCUT2D eigenvalue weighted by Gasteiger charge is -2.45. The number of carbonyl (C=O) groups is 1. The number of nitrogens with zero attached hydrogens (tertiary/aromatic N) is 6. The van der Waals surface area contributed by atoms with Gasteiger partial charge in [-0.3, -0.25) is 9.58 Å². The quantitative estimate of drug-likeness (QED) is 0.291.